The third kappa shape index (κ3) is 4.52. The van der Waals surface area contributed by atoms with Crippen molar-refractivity contribution in [1.82, 2.24) is 10.2 Å². The Balaban J connectivity index is 2.65. The zero-order valence-corrected chi connectivity index (χ0v) is 12.9. The summed E-state index contributed by atoms with van der Waals surface area (Å²) >= 11 is 0. The molecule has 0 aromatic rings. The van der Waals surface area contributed by atoms with E-state index in [-0.39, 0.29) is 12.1 Å². The monoisotopic (exact) mass is 256 g/mol. The van der Waals surface area contributed by atoms with E-state index in [2.05, 4.69) is 37.9 Å². The Morgan fingerprint density at radius 3 is 1.94 bits per heavy atom. The minimum absolute atomic E-state index is 0.0796. The van der Waals surface area contributed by atoms with Gasteiger partial charge in [0.15, 0.2) is 0 Å². The van der Waals surface area contributed by atoms with E-state index in [9.17, 15) is 5.11 Å². The molecule has 0 spiro atoms. The average Bonchev–Trinajstić information content (AvgIpc) is 3.08. The van der Waals surface area contributed by atoms with Gasteiger partial charge in [0.05, 0.1) is 12.1 Å². The van der Waals surface area contributed by atoms with Crippen molar-refractivity contribution in [3.8, 4) is 0 Å². The molecule has 18 heavy (non-hydrogen) atoms. The Morgan fingerprint density at radius 1 is 1.17 bits per heavy atom. The third-order valence-electron chi connectivity index (χ3n) is 3.89. The molecule has 1 aliphatic rings. The van der Waals surface area contributed by atoms with Gasteiger partial charge in [-0.2, -0.15) is 0 Å². The van der Waals surface area contributed by atoms with E-state index in [0.717, 1.165) is 19.6 Å². The molecular weight excluding hydrogens is 224 g/mol. The van der Waals surface area contributed by atoms with Gasteiger partial charge in [0, 0.05) is 19.6 Å². The standard InChI is InChI=1S/C15H32N2O/c1-12(2)8-17(9-13(3)4)10-15(11-18,16-5)14-6-7-14/h12-14,16,18H,6-11H2,1-5H3. The first-order chi connectivity index (χ1) is 8.43. The lowest BCUT2D eigenvalue weighted by Gasteiger charge is -2.38. The molecule has 0 saturated heterocycles. The van der Waals surface area contributed by atoms with Crippen LogP contribution in [0.2, 0.25) is 0 Å². The topological polar surface area (TPSA) is 35.5 Å². The van der Waals surface area contributed by atoms with Crippen LogP contribution in [0.15, 0.2) is 0 Å². The number of rotatable bonds is 9. The first-order valence-corrected chi connectivity index (χ1v) is 7.45. The molecule has 1 fully saturated rings. The highest BCUT2D eigenvalue weighted by Crippen LogP contribution is 2.40. The maximum atomic E-state index is 9.81. The smallest absolute Gasteiger partial charge is 0.0628 e. The second kappa shape index (κ2) is 6.88. The van der Waals surface area contributed by atoms with Crippen LogP contribution in [0.4, 0.5) is 0 Å². The molecule has 0 amide bonds. The molecule has 0 aromatic carbocycles. The second-order valence-electron chi connectivity index (χ2n) is 6.82. The average molecular weight is 256 g/mol. The molecule has 1 atom stereocenters. The Labute approximate surface area is 113 Å². The number of nitrogens with one attached hydrogen (secondary N) is 1. The van der Waals surface area contributed by atoms with Crippen molar-refractivity contribution in [1.29, 1.82) is 0 Å². The highest BCUT2D eigenvalue weighted by Gasteiger charge is 2.44. The Bertz CT molecular complexity index is 223. The van der Waals surface area contributed by atoms with E-state index in [1.54, 1.807) is 0 Å². The molecule has 108 valence electrons. The normalized spacial score (nSPS) is 19.8. The summed E-state index contributed by atoms with van der Waals surface area (Å²) in [6.07, 6.45) is 2.52. The maximum absolute atomic E-state index is 9.81. The van der Waals surface area contributed by atoms with Crippen molar-refractivity contribution < 1.29 is 5.11 Å². The van der Waals surface area contributed by atoms with E-state index in [1.165, 1.54) is 12.8 Å². The van der Waals surface area contributed by atoms with Crippen molar-refractivity contribution in [2.75, 3.05) is 33.3 Å². The molecule has 1 rings (SSSR count). The third-order valence-corrected chi connectivity index (χ3v) is 3.89. The zero-order chi connectivity index (χ0) is 13.8. The number of hydrogen-bond donors (Lipinski definition) is 2. The molecule has 0 aromatic heterocycles. The summed E-state index contributed by atoms with van der Waals surface area (Å²) in [6.45, 7) is 12.5. The lowest BCUT2D eigenvalue weighted by Crippen LogP contribution is -2.57. The first kappa shape index (κ1) is 15.9. The summed E-state index contributed by atoms with van der Waals surface area (Å²) in [5, 5.41) is 13.2. The number of likely N-dealkylation sites (N-methyl/N-ethyl adjacent to an activating group) is 1. The van der Waals surface area contributed by atoms with Gasteiger partial charge < -0.3 is 15.3 Å². The molecule has 2 N–H and O–H groups in total. The van der Waals surface area contributed by atoms with E-state index in [4.69, 9.17) is 0 Å². The number of aliphatic hydroxyl groups excluding tert-OH is 1. The van der Waals surface area contributed by atoms with Crippen LogP contribution < -0.4 is 5.32 Å². The fourth-order valence-corrected chi connectivity index (χ4v) is 2.94. The van der Waals surface area contributed by atoms with Gasteiger partial charge in [0.25, 0.3) is 0 Å². The predicted molar refractivity (Wildman–Crippen MR) is 77.7 cm³/mol. The van der Waals surface area contributed by atoms with Crippen LogP contribution in [0, 0.1) is 17.8 Å². The van der Waals surface area contributed by atoms with Crippen molar-refractivity contribution in [2.45, 2.75) is 46.1 Å². The lowest BCUT2D eigenvalue weighted by molar-refractivity contribution is 0.0850. The van der Waals surface area contributed by atoms with Gasteiger partial charge in [-0.15, -0.1) is 0 Å². The molecule has 0 bridgehead atoms. The van der Waals surface area contributed by atoms with Crippen LogP contribution in [-0.4, -0.2) is 48.8 Å². The molecule has 0 aliphatic heterocycles. The fourth-order valence-electron chi connectivity index (χ4n) is 2.94. The van der Waals surface area contributed by atoms with Crippen molar-refractivity contribution in [3.05, 3.63) is 0 Å². The van der Waals surface area contributed by atoms with E-state index in [1.807, 2.05) is 7.05 Å². The first-order valence-electron chi connectivity index (χ1n) is 7.45. The number of nitrogens with zero attached hydrogens (tertiary/aromatic N) is 1. The molecule has 0 heterocycles. The van der Waals surface area contributed by atoms with Crippen LogP contribution in [0.1, 0.15) is 40.5 Å². The summed E-state index contributed by atoms with van der Waals surface area (Å²) in [5.41, 5.74) is -0.0796. The van der Waals surface area contributed by atoms with E-state index in [0.29, 0.717) is 17.8 Å². The molecule has 3 heteroatoms. The molecule has 1 saturated carbocycles. The molecule has 3 nitrogen and oxygen atoms in total. The van der Waals surface area contributed by atoms with Gasteiger partial charge in [-0.1, -0.05) is 27.7 Å². The van der Waals surface area contributed by atoms with Crippen molar-refractivity contribution in [3.63, 3.8) is 0 Å². The van der Waals surface area contributed by atoms with Gasteiger partial charge in [-0.25, -0.2) is 0 Å². The lowest BCUT2D eigenvalue weighted by atomic mass is 9.92. The second-order valence-corrected chi connectivity index (χ2v) is 6.82. The Hall–Kier alpha value is -0.120. The molecule has 0 radical (unpaired) electrons. The minimum atomic E-state index is -0.0796. The van der Waals surface area contributed by atoms with E-state index < -0.39 is 0 Å². The number of aliphatic hydroxyl groups is 1. The minimum Gasteiger partial charge on any atom is -0.394 e. The van der Waals surface area contributed by atoms with E-state index >= 15 is 0 Å². The number of hydrogen-bond acceptors (Lipinski definition) is 3. The fraction of sp³-hybridized carbons (Fsp3) is 1.00. The van der Waals surface area contributed by atoms with Gasteiger partial charge in [0.2, 0.25) is 0 Å². The van der Waals surface area contributed by atoms with Gasteiger partial charge in [0.1, 0.15) is 0 Å². The van der Waals surface area contributed by atoms with Crippen molar-refractivity contribution in [2.24, 2.45) is 17.8 Å². The van der Waals surface area contributed by atoms with Gasteiger partial charge in [-0.3, -0.25) is 0 Å². The summed E-state index contributed by atoms with van der Waals surface area (Å²) < 4.78 is 0. The largest absolute Gasteiger partial charge is 0.394 e. The van der Waals surface area contributed by atoms with Crippen LogP contribution in [0.3, 0.4) is 0 Å². The molecule has 1 aliphatic carbocycles. The summed E-state index contributed by atoms with van der Waals surface area (Å²) in [7, 11) is 2.00. The Kier molecular flexibility index (Phi) is 6.09. The van der Waals surface area contributed by atoms with Crippen LogP contribution >= 0.6 is 0 Å². The van der Waals surface area contributed by atoms with Crippen LogP contribution in [0.25, 0.3) is 0 Å². The SMILES string of the molecule is CNC(CO)(CN(CC(C)C)CC(C)C)C1CC1. The quantitative estimate of drug-likeness (QED) is 0.662. The highest BCUT2D eigenvalue weighted by molar-refractivity contribution is 5.02. The summed E-state index contributed by atoms with van der Waals surface area (Å²) in [6, 6.07) is 0. The highest BCUT2D eigenvalue weighted by atomic mass is 16.3. The molecular formula is C15H32N2O. The maximum Gasteiger partial charge on any atom is 0.0628 e. The summed E-state index contributed by atoms with van der Waals surface area (Å²) in [4.78, 5) is 2.53. The predicted octanol–water partition coefficient (Wildman–Crippen LogP) is 1.96. The van der Waals surface area contributed by atoms with Crippen LogP contribution in [0.5, 0.6) is 0 Å². The molecule has 1 unspecified atom stereocenters. The summed E-state index contributed by atoms with van der Waals surface area (Å²) in [5.74, 6) is 2.02. The van der Waals surface area contributed by atoms with Gasteiger partial charge in [-0.05, 0) is 37.6 Å². The van der Waals surface area contributed by atoms with Crippen molar-refractivity contribution >= 4 is 0 Å². The Morgan fingerprint density at radius 2 is 1.67 bits per heavy atom. The zero-order valence-electron chi connectivity index (χ0n) is 12.9. The van der Waals surface area contributed by atoms with Gasteiger partial charge >= 0.3 is 0 Å². The van der Waals surface area contributed by atoms with Crippen LogP contribution in [-0.2, 0) is 0 Å².